The maximum atomic E-state index is 12.8. The molecule has 32 heavy (non-hydrogen) atoms. The lowest BCUT2D eigenvalue weighted by Gasteiger charge is -2.11. The van der Waals surface area contributed by atoms with Crippen LogP contribution in [-0.2, 0) is 7.05 Å². The number of amides is 2. The summed E-state index contributed by atoms with van der Waals surface area (Å²) in [7, 11) is 1.81. The Morgan fingerprint density at radius 2 is 1.84 bits per heavy atom. The van der Waals surface area contributed by atoms with Crippen LogP contribution in [0.3, 0.4) is 0 Å². The molecule has 2 N–H and O–H groups in total. The molecule has 2 amide bonds. The quantitative estimate of drug-likeness (QED) is 0.430. The van der Waals surface area contributed by atoms with Crippen LogP contribution in [0.4, 0.5) is 11.4 Å². The number of benzene rings is 2. The molecule has 0 unspecified atom stereocenters. The van der Waals surface area contributed by atoms with Crippen molar-refractivity contribution in [3.05, 3.63) is 76.7 Å². The SMILES string of the molecule is Cc1cn2c(C(=O)Nc3ccc(NC(=O)c4nn(C)c5ccccc45)cc3C)cnc2s1. The van der Waals surface area contributed by atoms with Gasteiger partial charge in [-0.25, -0.2) is 4.98 Å². The molecule has 0 aliphatic heterocycles. The van der Waals surface area contributed by atoms with E-state index >= 15 is 0 Å². The maximum Gasteiger partial charge on any atom is 0.276 e. The van der Waals surface area contributed by atoms with Crippen LogP contribution in [0.5, 0.6) is 0 Å². The highest BCUT2D eigenvalue weighted by atomic mass is 32.1. The summed E-state index contributed by atoms with van der Waals surface area (Å²) in [6.07, 6.45) is 3.47. The summed E-state index contributed by atoms with van der Waals surface area (Å²) >= 11 is 1.53. The Morgan fingerprint density at radius 3 is 2.66 bits per heavy atom. The molecule has 9 heteroatoms. The molecule has 0 spiro atoms. The van der Waals surface area contributed by atoms with Crippen molar-refractivity contribution in [1.82, 2.24) is 19.2 Å². The van der Waals surface area contributed by atoms with Crippen molar-refractivity contribution in [3.8, 4) is 0 Å². The zero-order valence-corrected chi connectivity index (χ0v) is 18.5. The lowest BCUT2D eigenvalue weighted by atomic mass is 10.1. The standard InChI is InChI=1S/C23H20N6O2S/c1-13-10-15(25-22(31)20-16-6-4-5-7-18(16)28(3)27-20)8-9-17(13)26-21(30)19-11-24-23-29(19)12-14(2)32-23/h4-12H,1-3H3,(H,25,31)(H,26,30). The molecule has 8 nitrogen and oxygen atoms in total. The second-order valence-electron chi connectivity index (χ2n) is 7.57. The molecule has 2 aromatic carbocycles. The highest BCUT2D eigenvalue weighted by molar-refractivity contribution is 7.17. The number of carbonyl (C=O) groups excluding carboxylic acids is 2. The zero-order valence-electron chi connectivity index (χ0n) is 17.7. The predicted molar refractivity (Wildman–Crippen MR) is 126 cm³/mol. The van der Waals surface area contributed by atoms with Crippen LogP contribution in [0.15, 0.2) is 54.9 Å². The number of hydrogen-bond acceptors (Lipinski definition) is 5. The minimum Gasteiger partial charge on any atom is -0.321 e. The maximum absolute atomic E-state index is 12.8. The van der Waals surface area contributed by atoms with Crippen molar-refractivity contribution in [2.75, 3.05) is 10.6 Å². The van der Waals surface area contributed by atoms with Gasteiger partial charge in [-0.15, -0.1) is 11.3 Å². The van der Waals surface area contributed by atoms with E-state index in [1.165, 1.54) is 11.3 Å². The van der Waals surface area contributed by atoms with Gasteiger partial charge in [-0.05, 0) is 43.7 Å². The van der Waals surface area contributed by atoms with E-state index in [9.17, 15) is 9.59 Å². The first-order valence-electron chi connectivity index (χ1n) is 9.99. The van der Waals surface area contributed by atoms with Crippen LogP contribution in [0.25, 0.3) is 15.9 Å². The van der Waals surface area contributed by atoms with Gasteiger partial charge in [-0.1, -0.05) is 18.2 Å². The Morgan fingerprint density at radius 1 is 1.03 bits per heavy atom. The van der Waals surface area contributed by atoms with Crippen molar-refractivity contribution in [1.29, 1.82) is 0 Å². The normalized spacial score (nSPS) is 11.2. The summed E-state index contributed by atoms with van der Waals surface area (Å²) in [5, 5.41) is 11.0. The van der Waals surface area contributed by atoms with Gasteiger partial charge in [0.2, 0.25) is 0 Å². The number of aromatic nitrogens is 4. The van der Waals surface area contributed by atoms with Crippen molar-refractivity contribution in [3.63, 3.8) is 0 Å². The van der Waals surface area contributed by atoms with E-state index in [-0.39, 0.29) is 11.8 Å². The average molecular weight is 445 g/mol. The minimum atomic E-state index is -0.285. The molecule has 0 bridgehead atoms. The summed E-state index contributed by atoms with van der Waals surface area (Å²) < 4.78 is 3.48. The van der Waals surface area contributed by atoms with Crippen LogP contribution < -0.4 is 10.6 Å². The van der Waals surface area contributed by atoms with E-state index < -0.39 is 0 Å². The number of aryl methyl sites for hydroxylation is 3. The largest absolute Gasteiger partial charge is 0.321 e. The lowest BCUT2D eigenvalue weighted by molar-refractivity contribution is 0.101. The van der Waals surface area contributed by atoms with Gasteiger partial charge in [0.05, 0.1) is 11.7 Å². The Kier molecular flexibility index (Phi) is 4.75. The summed E-state index contributed by atoms with van der Waals surface area (Å²) in [6, 6.07) is 12.9. The number of fused-ring (bicyclic) bond motifs is 2. The van der Waals surface area contributed by atoms with Crippen LogP contribution in [-0.4, -0.2) is 31.0 Å². The summed E-state index contributed by atoms with van der Waals surface area (Å²) in [4.78, 5) is 31.8. The van der Waals surface area contributed by atoms with Crippen molar-refractivity contribution in [2.24, 2.45) is 7.05 Å². The first-order chi connectivity index (χ1) is 15.4. The van der Waals surface area contributed by atoms with Crippen molar-refractivity contribution in [2.45, 2.75) is 13.8 Å². The van der Waals surface area contributed by atoms with Crippen LogP contribution in [0.2, 0.25) is 0 Å². The fourth-order valence-corrected chi connectivity index (χ4v) is 4.51. The smallest absolute Gasteiger partial charge is 0.276 e. The molecule has 0 aliphatic carbocycles. The number of thiazole rings is 1. The monoisotopic (exact) mass is 444 g/mol. The second kappa shape index (κ2) is 7.61. The van der Waals surface area contributed by atoms with Gasteiger partial charge in [0, 0.05) is 34.9 Å². The number of hydrogen-bond donors (Lipinski definition) is 2. The fourth-order valence-electron chi connectivity index (χ4n) is 3.70. The van der Waals surface area contributed by atoms with Gasteiger partial charge in [-0.2, -0.15) is 5.10 Å². The first kappa shape index (κ1) is 20.0. The third-order valence-electron chi connectivity index (χ3n) is 5.26. The van der Waals surface area contributed by atoms with Crippen molar-refractivity contribution >= 4 is 50.4 Å². The molecule has 3 heterocycles. The molecule has 0 fully saturated rings. The molecule has 0 atom stereocenters. The summed E-state index contributed by atoms with van der Waals surface area (Å²) in [6.45, 7) is 3.86. The Labute approximate surface area is 187 Å². The van der Waals surface area contributed by atoms with Crippen LogP contribution >= 0.6 is 11.3 Å². The molecular weight excluding hydrogens is 424 g/mol. The summed E-state index contributed by atoms with van der Waals surface area (Å²) in [5.74, 6) is -0.525. The van der Waals surface area contributed by atoms with Gasteiger partial charge in [0.15, 0.2) is 10.7 Å². The molecule has 5 rings (SSSR count). The molecule has 0 saturated heterocycles. The van der Waals surface area contributed by atoms with Gasteiger partial charge in [0.1, 0.15) is 5.69 Å². The van der Waals surface area contributed by atoms with E-state index in [4.69, 9.17) is 0 Å². The number of imidazole rings is 1. The molecule has 0 aliphatic rings. The third-order valence-corrected chi connectivity index (χ3v) is 6.18. The molecule has 0 radical (unpaired) electrons. The second-order valence-corrected chi connectivity index (χ2v) is 8.78. The minimum absolute atomic E-state index is 0.241. The fraction of sp³-hybridized carbons (Fsp3) is 0.130. The highest BCUT2D eigenvalue weighted by Gasteiger charge is 2.17. The Bertz CT molecular complexity index is 1510. The van der Waals surface area contributed by atoms with Crippen LogP contribution in [0, 0.1) is 13.8 Å². The van der Waals surface area contributed by atoms with E-state index in [2.05, 4.69) is 20.7 Å². The number of nitrogens with one attached hydrogen (secondary N) is 2. The topological polar surface area (TPSA) is 93.3 Å². The van der Waals surface area contributed by atoms with E-state index in [1.54, 1.807) is 27.4 Å². The molecule has 0 saturated carbocycles. The number of anilines is 2. The number of rotatable bonds is 4. The van der Waals surface area contributed by atoms with Gasteiger partial charge in [0.25, 0.3) is 11.8 Å². The van der Waals surface area contributed by atoms with Crippen molar-refractivity contribution < 1.29 is 9.59 Å². The van der Waals surface area contributed by atoms with E-state index in [1.807, 2.05) is 57.4 Å². The van der Waals surface area contributed by atoms with Gasteiger partial charge < -0.3 is 10.6 Å². The highest BCUT2D eigenvalue weighted by Crippen LogP contribution is 2.24. The van der Waals surface area contributed by atoms with Crippen LogP contribution in [0.1, 0.15) is 31.4 Å². The zero-order chi connectivity index (χ0) is 22.4. The van der Waals surface area contributed by atoms with Gasteiger partial charge in [-0.3, -0.25) is 18.7 Å². The number of para-hydroxylation sites is 1. The third kappa shape index (κ3) is 3.42. The predicted octanol–water partition coefficient (Wildman–Crippen LogP) is 4.40. The van der Waals surface area contributed by atoms with E-state index in [0.717, 1.165) is 26.3 Å². The molecule has 5 aromatic rings. The lowest BCUT2D eigenvalue weighted by Crippen LogP contribution is -2.16. The number of nitrogens with zero attached hydrogens (tertiary/aromatic N) is 4. The molecule has 3 aromatic heterocycles. The molecule has 160 valence electrons. The Balaban J connectivity index is 1.35. The Hall–Kier alpha value is -3.98. The molecular formula is C23H20N6O2S. The first-order valence-corrected chi connectivity index (χ1v) is 10.8. The van der Waals surface area contributed by atoms with E-state index in [0.29, 0.717) is 22.8 Å². The van der Waals surface area contributed by atoms with Gasteiger partial charge >= 0.3 is 0 Å². The summed E-state index contributed by atoms with van der Waals surface area (Å²) in [5.41, 5.74) is 3.85. The number of carbonyl (C=O) groups is 2. The average Bonchev–Trinajstić information content (AvgIpc) is 3.42.